The van der Waals surface area contributed by atoms with Crippen LogP contribution in [-0.2, 0) is 19.6 Å². The summed E-state index contributed by atoms with van der Waals surface area (Å²) in [4.78, 5) is 12.2. The van der Waals surface area contributed by atoms with Crippen LogP contribution in [0.5, 0.6) is 0 Å². The number of nitrogens with two attached hydrogens (primary N) is 1. The van der Waals surface area contributed by atoms with Gasteiger partial charge in [-0.15, -0.1) is 0 Å². The van der Waals surface area contributed by atoms with Crippen LogP contribution in [0.3, 0.4) is 0 Å². The van der Waals surface area contributed by atoms with Crippen LogP contribution in [-0.4, -0.2) is 25.1 Å². The van der Waals surface area contributed by atoms with Crippen molar-refractivity contribution in [3.8, 4) is 11.1 Å². The molecule has 158 valence electrons. The Morgan fingerprint density at radius 3 is 2.27 bits per heavy atom. The fraction of sp³-hybridized carbons (Fsp3) is 0.261. The summed E-state index contributed by atoms with van der Waals surface area (Å²) in [6, 6.07) is 15.7. The average Bonchev–Trinajstić information content (AvgIpc) is 2.63. The Balaban J connectivity index is 2.50. The molecule has 30 heavy (non-hydrogen) atoms. The third-order valence-corrected chi connectivity index (χ3v) is 5.69. The van der Waals surface area contributed by atoms with Crippen LogP contribution in [0, 0.1) is 6.92 Å². The molecule has 3 aromatic carbocycles. The molecule has 0 aromatic heterocycles. The summed E-state index contributed by atoms with van der Waals surface area (Å²) in [5, 5.41) is 17.1. The largest absolute Gasteiger partial charge is 0.479 e. The number of carbonyl (C=O) groups is 1. The number of carboxylic acids is 1. The van der Waals surface area contributed by atoms with E-state index in [9.17, 15) is 18.3 Å². The van der Waals surface area contributed by atoms with Gasteiger partial charge in [-0.1, -0.05) is 48.5 Å². The molecule has 0 fully saturated rings. The summed E-state index contributed by atoms with van der Waals surface area (Å²) in [6.45, 7) is 7.12. The molecule has 3 N–H and O–H groups in total. The number of hydrogen-bond donors (Lipinski definition) is 2. The van der Waals surface area contributed by atoms with Crippen LogP contribution >= 0.6 is 0 Å². The molecule has 7 heteroatoms. The highest BCUT2D eigenvalue weighted by molar-refractivity contribution is 7.89. The summed E-state index contributed by atoms with van der Waals surface area (Å²) in [5.41, 5.74) is 1.19. The molecule has 0 aliphatic carbocycles. The summed E-state index contributed by atoms with van der Waals surface area (Å²) < 4.78 is 30.6. The molecule has 0 radical (unpaired) electrons. The SMILES string of the molecule is Cc1cc2ccccc2c(-c2ccccc2S(N)(=O)=O)c1C(OC(C)(C)C)C(=O)O. The van der Waals surface area contributed by atoms with Crippen molar-refractivity contribution in [3.63, 3.8) is 0 Å². The zero-order valence-corrected chi connectivity index (χ0v) is 18.2. The zero-order valence-electron chi connectivity index (χ0n) is 17.3. The third-order valence-electron chi connectivity index (χ3n) is 4.72. The number of fused-ring (bicyclic) bond motifs is 1. The van der Waals surface area contributed by atoms with E-state index in [0.29, 0.717) is 22.3 Å². The quantitative estimate of drug-likeness (QED) is 0.627. The Kier molecular flexibility index (Phi) is 5.73. The van der Waals surface area contributed by atoms with Crippen molar-refractivity contribution in [3.05, 3.63) is 65.7 Å². The molecule has 6 nitrogen and oxygen atoms in total. The number of benzene rings is 3. The first kappa shape index (κ1) is 22.0. The average molecular weight is 428 g/mol. The molecule has 0 spiro atoms. The number of rotatable bonds is 5. The first-order valence-electron chi connectivity index (χ1n) is 9.45. The normalized spacial score (nSPS) is 13.4. The second kappa shape index (κ2) is 7.83. The van der Waals surface area contributed by atoms with Gasteiger partial charge in [0, 0.05) is 11.1 Å². The summed E-state index contributed by atoms with van der Waals surface area (Å²) in [7, 11) is -4.05. The van der Waals surface area contributed by atoms with E-state index in [1.165, 1.54) is 6.07 Å². The van der Waals surface area contributed by atoms with E-state index in [2.05, 4.69) is 0 Å². The standard InChI is InChI=1S/C23H25NO5S/c1-14-13-15-9-5-6-10-16(15)20(17-11-7-8-12-18(17)30(24,27)28)19(14)21(22(25)26)29-23(2,3)4/h5-13,21H,1-4H3,(H,25,26)(H2,24,27,28). The molecule has 0 saturated heterocycles. The van der Waals surface area contributed by atoms with Gasteiger partial charge in [0.2, 0.25) is 10.0 Å². The minimum absolute atomic E-state index is 0.0677. The summed E-state index contributed by atoms with van der Waals surface area (Å²) >= 11 is 0. The molecule has 3 aromatic rings. The molecular formula is C23H25NO5S. The van der Waals surface area contributed by atoms with E-state index in [4.69, 9.17) is 9.88 Å². The first-order valence-corrected chi connectivity index (χ1v) is 11.0. The van der Waals surface area contributed by atoms with Crippen LogP contribution in [0.25, 0.3) is 21.9 Å². The summed E-state index contributed by atoms with van der Waals surface area (Å²) in [6.07, 6.45) is -1.29. The maximum absolute atomic E-state index is 12.3. The van der Waals surface area contributed by atoms with Crippen molar-refractivity contribution in [2.45, 2.75) is 44.3 Å². The van der Waals surface area contributed by atoms with E-state index < -0.39 is 27.7 Å². The van der Waals surface area contributed by atoms with E-state index in [0.717, 1.165) is 10.8 Å². The molecule has 0 saturated carbocycles. The molecule has 0 amide bonds. The van der Waals surface area contributed by atoms with Gasteiger partial charge in [0.15, 0.2) is 6.10 Å². The van der Waals surface area contributed by atoms with Gasteiger partial charge in [-0.2, -0.15) is 0 Å². The number of hydrogen-bond acceptors (Lipinski definition) is 4. The minimum Gasteiger partial charge on any atom is -0.479 e. The number of aryl methyl sites for hydroxylation is 1. The fourth-order valence-corrected chi connectivity index (χ4v) is 4.38. The van der Waals surface area contributed by atoms with Crippen molar-refractivity contribution in [2.75, 3.05) is 0 Å². The fourth-order valence-electron chi connectivity index (χ4n) is 3.64. The van der Waals surface area contributed by atoms with Gasteiger partial charge >= 0.3 is 5.97 Å². The van der Waals surface area contributed by atoms with E-state index in [1.54, 1.807) is 45.9 Å². The Morgan fingerprint density at radius 2 is 1.67 bits per heavy atom. The van der Waals surface area contributed by atoms with Crippen LogP contribution < -0.4 is 5.14 Å². The highest BCUT2D eigenvalue weighted by Crippen LogP contribution is 2.42. The lowest BCUT2D eigenvalue weighted by Crippen LogP contribution is -2.28. The zero-order chi connectivity index (χ0) is 22.3. The second-order valence-electron chi connectivity index (χ2n) is 8.19. The number of aliphatic carboxylic acids is 1. The van der Waals surface area contributed by atoms with E-state index in [1.807, 2.05) is 30.3 Å². The Labute approximate surface area is 176 Å². The number of sulfonamides is 1. The van der Waals surface area contributed by atoms with Gasteiger partial charge in [-0.05, 0) is 55.7 Å². The van der Waals surface area contributed by atoms with E-state index in [-0.39, 0.29) is 4.90 Å². The maximum atomic E-state index is 12.3. The highest BCUT2D eigenvalue weighted by atomic mass is 32.2. The minimum atomic E-state index is -4.05. The Bertz CT molecular complexity index is 1230. The molecule has 0 bridgehead atoms. The van der Waals surface area contributed by atoms with Crippen molar-refractivity contribution in [1.82, 2.24) is 0 Å². The van der Waals surface area contributed by atoms with Crippen molar-refractivity contribution >= 4 is 26.8 Å². The maximum Gasteiger partial charge on any atom is 0.337 e. The lowest BCUT2D eigenvalue weighted by Gasteiger charge is -2.29. The lowest BCUT2D eigenvalue weighted by molar-refractivity contribution is -0.160. The predicted octanol–water partition coefficient (Wildman–Crippen LogP) is 4.40. The van der Waals surface area contributed by atoms with Crippen molar-refractivity contribution < 1.29 is 23.1 Å². The Hall–Kier alpha value is -2.74. The van der Waals surface area contributed by atoms with Gasteiger partial charge in [0.25, 0.3) is 0 Å². The van der Waals surface area contributed by atoms with Crippen molar-refractivity contribution in [2.24, 2.45) is 5.14 Å². The number of ether oxygens (including phenoxy) is 1. The molecule has 1 unspecified atom stereocenters. The molecule has 1 atom stereocenters. The highest BCUT2D eigenvalue weighted by Gasteiger charge is 2.32. The monoisotopic (exact) mass is 427 g/mol. The number of carboxylic acid groups (broad SMARTS) is 1. The number of primary sulfonamides is 1. The third kappa shape index (κ3) is 4.38. The first-order chi connectivity index (χ1) is 13.9. The van der Waals surface area contributed by atoms with Crippen molar-refractivity contribution in [1.29, 1.82) is 0 Å². The lowest BCUT2D eigenvalue weighted by atomic mass is 9.87. The van der Waals surface area contributed by atoms with Gasteiger partial charge in [-0.25, -0.2) is 18.4 Å². The van der Waals surface area contributed by atoms with Crippen LogP contribution in [0.4, 0.5) is 0 Å². The molecule has 0 aliphatic rings. The van der Waals surface area contributed by atoms with Crippen LogP contribution in [0.15, 0.2) is 59.5 Å². The summed E-state index contributed by atoms with van der Waals surface area (Å²) in [5.74, 6) is -1.15. The van der Waals surface area contributed by atoms with Crippen LogP contribution in [0.1, 0.15) is 38.0 Å². The van der Waals surface area contributed by atoms with Gasteiger partial charge in [-0.3, -0.25) is 0 Å². The van der Waals surface area contributed by atoms with E-state index >= 15 is 0 Å². The van der Waals surface area contributed by atoms with Crippen LogP contribution in [0.2, 0.25) is 0 Å². The molecule has 3 rings (SSSR count). The second-order valence-corrected chi connectivity index (χ2v) is 9.72. The smallest absolute Gasteiger partial charge is 0.337 e. The van der Waals surface area contributed by atoms with Gasteiger partial charge in [0.1, 0.15) is 0 Å². The molecule has 0 heterocycles. The van der Waals surface area contributed by atoms with Gasteiger partial charge in [0.05, 0.1) is 10.5 Å². The molecular weight excluding hydrogens is 402 g/mol. The Morgan fingerprint density at radius 1 is 1.07 bits per heavy atom. The van der Waals surface area contributed by atoms with Gasteiger partial charge < -0.3 is 9.84 Å². The molecule has 0 aliphatic heterocycles. The topological polar surface area (TPSA) is 107 Å². The predicted molar refractivity (Wildman–Crippen MR) is 117 cm³/mol.